The Morgan fingerprint density at radius 3 is 2.47 bits per heavy atom. The van der Waals surface area contributed by atoms with Crippen LogP contribution in [0.3, 0.4) is 0 Å². The zero-order valence-corrected chi connectivity index (χ0v) is 20.5. The summed E-state index contributed by atoms with van der Waals surface area (Å²) in [5, 5.41) is 12.9. The molecule has 2 aromatic carbocycles. The van der Waals surface area contributed by atoms with Crippen LogP contribution in [0.1, 0.15) is 46.5 Å². The van der Waals surface area contributed by atoms with Crippen molar-refractivity contribution in [3.63, 3.8) is 0 Å². The molecule has 1 aliphatic heterocycles. The van der Waals surface area contributed by atoms with E-state index in [1.54, 1.807) is 18.2 Å². The van der Waals surface area contributed by atoms with Gasteiger partial charge >= 0.3 is 0 Å². The molecule has 1 amide bonds. The van der Waals surface area contributed by atoms with Crippen molar-refractivity contribution in [1.29, 1.82) is 0 Å². The van der Waals surface area contributed by atoms with Crippen molar-refractivity contribution >= 4 is 27.3 Å². The van der Waals surface area contributed by atoms with E-state index in [1.807, 2.05) is 13.8 Å². The lowest BCUT2D eigenvalue weighted by Crippen LogP contribution is -2.35. The topological polar surface area (TPSA) is 98.7 Å². The van der Waals surface area contributed by atoms with E-state index < -0.39 is 10.0 Å². The van der Waals surface area contributed by atoms with Gasteiger partial charge in [-0.3, -0.25) is 9.52 Å². The van der Waals surface area contributed by atoms with E-state index in [2.05, 4.69) is 35.8 Å². The molecule has 1 heterocycles. The summed E-state index contributed by atoms with van der Waals surface area (Å²) in [6.45, 7) is 9.36. The summed E-state index contributed by atoms with van der Waals surface area (Å²) < 4.78 is 26.8. The fraction of sp³-hybridized carbons (Fsp3) is 0.458. The Hall–Kier alpha value is -2.74. The number of phenolic OH excluding ortho intramolecular Hbond substituents is 1. The van der Waals surface area contributed by atoms with Crippen LogP contribution in [0.2, 0.25) is 0 Å². The minimum atomic E-state index is -3.41. The van der Waals surface area contributed by atoms with E-state index in [0.717, 1.165) is 29.7 Å². The van der Waals surface area contributed by atoms with Gasteiger partial charge in [0.1, 0.15) is 5.75 Å². The fourth-order valence-corrected chi connectivity index (χ4v) is 5.13. The summed E-state index contributed by atoms with van der Waals surface area (Å²) in [7, 11) is -1.35. The predicted molar refractivity (Wildman–Crippen MR) is 129 cm³/mol. The number of hydrogen-bond donors (Lipinski definition) is 3. The SMILES string of the molecule is Cc1c2c(c(CC(C)(C)CNC(=O)c3ccccc3O)c(C)c1NS(C)(=O)=O)N(C)CC2. The average Bonchev–Trinajstić information content (AvgIpc) is 3.08. The minimum Gasteiger partial charge on any atom is -0.507 e. The molecule has 0 fully saturated rings. The van der Waals surface area contributed by atoms with Gasteiger partial charge in [-0.15, -0.1) is 0 Å². The van der Waals surface area contributed by atoms with Crippen LogP contribution in [-0.2, 0) is 22.9 Å². The zero-order chi connectivity index (χ0) is 23.8. The second-order valence-electron chi connectivity index (χ2n) is 9.52. The van der Waals surface area contributed by atoms with Crippen molar-refractivity contribution in [2.75, 3.05) is 36.0 Å². The molecule has 3 N–H and O–H groups in total. The Kier molecular flexibility index (Phi) is 6.47. The first-order valence-electron chi connectivity index (χ1n) is 10.7. The second-order valence-corrected chi connectivity index (χ2v) is 11.3. The normalized spacial score (nSPS) is 13.8. The van der Waals surface area contributed by atoms with Gasteiger partial charge in [0.05, 0.1) is 17.5 Å². The maximum absolute atomic E-state index is 12.6. The minimum absolute atomic E-state index is 0.0480. The molecule has 0 aromatic heterocycles. The summed E-state index contributed by atoms with van der Waals surface area (Å²) in [4.78, 5) is 14.8. The van der Waals surface area contributed by atoms with Crippen LogP contribution in [-0.4, -0.2) is 45.8 Å². The van der Waals surface area contributed by atoms with E-state index >= 15 is 0 Å². The number of carbonyl (C=O) groups is 1. The number of rotatable bonds is 7. The average molecular weight is 460 g/mol. The third-order valence-corrected chi connectivity index (χ3v) is 6.70. The Balaban J connectivity index is 1.91. The molecular formula is C24H33N3O4S. The largest absolute Gasteiger partial charge is 0.507 e. The molecule has 0 aliphatic carbocycles. The van der Waals surface area contributed by atoms with Crippen LogP contribution in [0.15, 0.2) is 24.3 Å². The lowest BCUT2D eigenvalue weighted by molar-refractivity contribution is 0.0933. The summed E-state index contributed by atoms with van der Waals surface area (Å²) in [5.41, 5.74) is 5.92. The van der Waals surface area contributed by atoms with Crippen LogP contribution >= 0.6 is 0 Å². The summed E-state index contributed by atoms with van der Waals surface area (Å²) >= 11 is 0. The monoisotopic (exact) mass is 459 g/mol. The van der Waals surface area contributed by atoms with Gasteiger partial charge in [0, 0.05) is 25.8 Å². The summed E-state index contributed by atoms with van der Waals surface area (Å²) in [6.07, 6.45) is 2.70. The fourth-order valence-electron chi connectivity index (χ4n) is 4.45. The van der Waals surface area contributed by atoms with E-state index in [0.29, 0.717) is 18.7 Å². The van der Waals surface area contributed by atoms with Gasteiger partial charge in [-0.2, -0.15) is 0 Å². The number of nitrogens with zero attached hydrogens (tertiary/aromatic N) is 1. The highest BCUT2D eigenvalue weighted by Crippen LogP contribution is 2.43. The lowest BCUT2D eigenvalue weighted by atomic mass is 9.81. The van der Waals surface area contributed by atoms with E-state index in [-0.39, 0.29) is 22.6 Å². The number of phenols is 1. The first kappa shape index (κ1) is 23.9. The van der Waals surface area contributed by atoms with Crippen LogP contribution in [0.5, 0.6) is 5.75 Å². The number of aromatic hydroxyl groups is 1. The lowest BCUT2D eigenvalue weighted by Gasteiger charge is -2.30. The van der Waals surface area contributed by atoms with Crippen molar-refractivity contribution in [2.45, 2.75) is 40.5 Å². The molecule has 0 bridgehead atoms. The molecule has 0 saturated heterocycles. The predicted octanol–water partition coefficient (Wildman–Crippen LogP) is 3.37. The first-order chi connectivity index (χ1) is 14.8. The summed E-state index contributed by atoms with van der Waals surface area (Å²) in [5.74, 6) is -0.369. The molecule has 8 heteroatoms. The standard InChI is InChI=1S/C24H33N3O4S/c1-15-17-11-12-27(5)22(17)19(16(2)21(15)26-32(6,30)31)13-24(3,4)14-25-23(29)18-9-7-8-10-20(18)28/h7-10,26,28H,11-14H2,1-6H3,(H,25,29). The summed E-state index contributed by atoms with van der Waals surface area (Å²) in [6, 6.07) is 6.47. The van der Waals surface area contributed by atoms with Gasteiger partial charge in [0.15, 0.2) is 0 Å². The number of sulfonamides is 1. The number of anilines is 2. The first-order valence-corrected chi connectivity index (χ1v) is 12.6. The smallest absolute Gasteiger partial charge is 0.255 e. The second kappa shape index (κ2) is 8.65. The van der Waals surface area contributed by atoms with Gasteiger partial charge in [-0.05, 0) is 66.5 Å². The zero-order valence-electron chi connectivity index (χ0n) is 19.7. The molecule has 2 aromatic rings. The number of amides is 1. The van der Waals surface area contributed by atoms with Gasteiger partial charge in [0.25, 0.3) is 5.91 Å². The quantitative estimate of drug-likeness (QED) is 0.590. The van der Waals surface area contributed by atoms with Crippen molar-refractivity contribution in [3.05, 3.63) is 52.1 Å². The van der Waals surface area contributed by atoms with Crippen molar-refractivity contribution in [3.8, 4) is 5.75 Å². The van der Waals surface area contributed by atoms with Crippen LogP contribution in [0.25, 0.3) is 0 Å². The molecule has 174 valence electrons. The van der Waals surface area contributed by atoms with Crippen molar-refractivity contribution < 1.29 is 18.3 Å². The highest BCUT2D eigenvalue weighted by Gasteiger charge is 2.31. The highest BCUT2D eigenvalue weighted by molar-refractivity contribution is 7.92. The van der Waals surface area contributed by atoms with Crippen molar-refractivity contribution in [1.82, 2.24) is 5.32 Å². The molecule has 0 saturated carbocycles. The molecule has 7 nitrogen and oxygen atoms in total. The maximum Gasteiger partial charge on any atom is 0.255 e. The molecular weight excluding hydrogens is 426 g/mol. The number of likely N-dealkylation sites (N-methyl/N-ethyl adjacent to an activating group) is 1. The molecule has 3 rings (SSSR count). The number of benzene rings is 2. The number of fused-ring (bicyclic) bond motifs is 1. The highest BCUT2D eigenvalue weighted by atomic mass is 32.2. The van der Waals surface area contributed by atoms with Crippen LogP contribution < -0.4 is 14.9 Å². The van der Waals surface area contributed by atoms with Crippen molar-refractivity contribution in [2.24, 2.45) is 5.41 Å². The van der Waals surface area contributed by atoms with Crippen LogP contribution in [0, 0.1) is 19.3 Å². The van der Waals surface area contributed by atoms with Gasteiger partial charge in [-0.1, -0.05) is 26.0 Å². The van der Waals surface area contributed by atoms with E-state index in [9.17, 15) is 18.3 Å². The number of nitrogens with one attached hydrogen (secondary N) is 2. The Morgan fingerprint density at radius 1 is 1.19 bits per heavy atom. The van der Waals surface area contributed by atoms with E-state index in [1.165, 1.54) is 23.6 Å². The maximum atomic E-state index is 12.6. The Morgan fingerprint density at radius 2 is 1.84 bits per heavy atom. The molecule has 0 radical (unpaired) electrons. The number of para-hydroxylation sites is 1. The van der Waals surface area contributed by atoms with Gasteiger partial charge in [-0.25, -0.2) is 8.42 Å². The third-order valence-electron chi connectivity index (χ3n) is 6.12. The van der Waals surface area contributed by atoms with Gasteiger partial charge in [0.2, 0.25) is 10.0 Å². The Bertz CT molecular complexity index is 1160. The molecule has 0 atom stereocenters. The Labute approximate surface area is 190 Å². The third kappa shape index (κ3) is 5.01. The molecule has 0 spiro atoms. The van der Waals surface area contributed by atoms with E-state index in [4.69, 9.17) is 0 Å². The molecule has 32 heavy (non-hydrogen) atoms. The number of carbonyl (C=O) groups excluding carboxylic acids is 1. The number of hydrogen-bond acceptors (Lipinski definition) is 5. The molecule has 1 aliphatic rings. The molecule has 0 unspecified atom stereocenters. The van der Waals surface area contributed by atoms with Gasteiger partial charge < -0.3 is 15.3 Å². The van der Waals surface area contributed by atoms with Crippen LogP contribution in [0.4, 0.5) is 11.4 Å².